The van der Waals surface area contributed by atoms with Crippen molar-refractivity contribution in [3.05, 3.63) is 39.4 Å². The SMILES string of the molecule is CC12CC(O)c3cc([N+](=O)[O-])ccc3C1CCC2O. The van der Waals surface area contributed by atoms with Gasteiger partial charge in [0.25, 0.3) is 5.69 Å². The summed E-state index contributed by atoms with van der Waals surface area (Å²) in [4.78, 5) is 10.4. The molecule has 5 heteroatoms. The molecule has 0 aromatic heterocycles. The molecule has 102 valence electrons. The lowest BCUT2D eigenvalue weighted by Gasteiger charge is -2.42. The van der Waals surface area contributed by atoms with Gasteiger partial charge in [0.2, 0.25) is 0 Å². The monoisotopic (exact) mass is 263 g/mol. The van der Waals surface area contributed by atoms with Crippen molar-refractivity contribution in [1.29, 1.82) is 0 Å². The van der Waals surface area contributed by atoms with Crippen LogP contribution in [0.5, 0.6) is 0 Å². The minimum Gasteiger partial charge on any atom is -0.393 e. The zero-order chi connectivity index (χ0) is 13.8. The predicted molar refractivity (Wildman–Crippen MR) is 68.8 cm³/mol. The first-order valence-corrected chi connectivity index (χ1v) is 6.58. The van der Waals surface area contributed by atoms with Crippen molar-refractivity contribution in [1.82, 2.24) is 0 Å². The number of nitro groups is 1. The molecule has 4 atom stereocenters. The molecule has 1 aromatic carbocycles. The van der Waals surface area contributed by atoms with Gasteiger partial charge in [0.1, 0.15) is 0 Å². The van der Waals surface area contributed by atoms with E-state index in [2.05, 4.69) is 0 Å². The number of aliphatic hydroxyl groups is 2. The molecule has 3 rings (SSSR count). The molecular weight excluding hydrogens is 246 g/mol. The first kappa shape index (κ1) is 12.6. The Hall–Kier alpha value is -1.46. The van der Waals surface area contributed by atoms with Gasteiger partial charge in [-0.1, -0.05) is 13.0 Å². The number of nitro benzene ring substituents is 1. The smallest absolute Gasteiger partial charge is 0.269 e. The molecule has 0 saturated heterocycles. The standard InChI is InChI=1S/C14H17NO4/c1-14-7-12(16)10-6-8(15(18)19)2-3-9(10)11(14)4-5-13(14)17/h2-3,6,11-13,16-17H,4-5,7H2,1H3. The second-order valence-corrected chi connectivity index (χ2v) is 5.94. The zero-order valence-corrected chi connectivity index (χ0v) is 10.7. The van der Waals surface area contributed by atoms with Crippen LogP contribution in [0.15, 0.2) is 18.2 Å². The van der Waals surface area contributed by atoms with E-state index in [1.807, 2.05) is 6.92 Å². The van der Waals surface area contributed by atoms with Gasteiger partial charge in [0.15, 0.2) is 0 Å². The lowest BCUT2D eigenvalue weighted by atomic mass is 9.65. The molecule has 2 aliphatic rings. The van der Waals surface area contributed by atoms with Gasteiger partial charge in [-0.15, -0.1) is 0 Å². The minimum absolute atomic E-state index is 0.0138. The minimum atomic E-state index is -0.733. The van der Waals surface area contributed by atoms with Crippen LogP contribution in [0, 0.1) is 15.5 Å². The second-order valence-electron chi connectivity index (χ2n) is 5.94. The number of fused-ring (bicyclic) bond motifs is 3. The molecule has 5 nitrogen and oxygen atoms in total. The molecule has 0 amide bonds. The molecule has 0 spiro atoms. The Kier molecular flexibility index (Phi) is 2.66. The summed E-state index contributed by atoms with van der Waals surface area (Å²) in [5, 5.41) is 31.2. The van der Waals surface area contributed by atoms with Crippen molar-refractivity contribution in [3.63, 3.8) is 0 Å². The highest BCUT2D eigenvalue weighted by Crippen LogP contribution is 2.58. The van der Waals surface area contributed by atoms with Crippen LogP contribution < -0.4 is 0 Å². The Bertz CT molecular complexity index is 544. The van der Waals surface area contributed by atoms with Crippen molar-refractivity contribution < 1.29 is 15.1 Å². The summed E-state index contributed by atoms with van der Waals surface area (Å²) in [5.41, 5.74) is 1.32. The third-order valence-corrected chi connectivity index (χ3v) is 4.93. The van der Waals surface area contributed by atoms with Crippen LogP contribution in [0.4, 0.5) is 5.69 Å². The molecule has 4 unspecified atom stereocenters. The third kappa shape index (κ3) is 1.69. The number of hydrogen-bond acceptors (Lipinski definition) is 4. The quantitative estimate of drug-likeness (QED) is 0.601. The van der Waals surface area contributed by atoms with Crippen molar-refractivity contribution in [2.24, 2.45) is 5.41 Å². The fourth-order valence-corrected chi connectivity index (χ4v) is 3.81. The summed E-state index contributed by atoms with van der Waals surface area (Å²) < 4.78 is 0. The van der Waals surface area contributed by atoms with E-state index in [1.54, 1.807) is 6.07 Å². The van der Waals surface area contributed by atoms with E-state index in [0.29, 0.717) is 12.0 Å². The Balaban J connectivity index is 2.11. The van der Waals surface area contributed by atoms with E-state index >= 15 is 0 Å². The Labute approximate surface area is 111 Å². The van der Waals surface area contributed by atoms with E-state index in [4.69, 9.17) is 0 Å². The molecule has 2 aliphatic carbocycles. The fourth-order valence-electron chi connectivity index (χ4n) is 3.81. The van der Waals surface area contributed by atoms with Crippen LogP contribution in [0.3, 0.4) is 0 Å². The van der Waals surface area contributed by atoms with Crippen LogP contribution >= 0.6 is 0 Å². The Morgan fingerprint density at radius 1 is 1.32 bits per heavy atom. The van der Waals surface area contributed by atoms with Gasteiger partial charge in [-0.3, -0.25) is 10.1 Å². The maximum atomic E-state index is 10.8. The van der Waals surface area contributed by atoms with Gasteiger partial charge in [0.05, 0.1) is 17.1 Å². The summed E-state index contributed by atoms with van der Waals surface area (Å²) in [6.07, 6.45) is 0.923. The van der Waals surface area contributed by atoms with Crippen LogP contribution in [0.1, 0.15) is 49.3 Å². The van der Waals surface area contributed by atoms with Crippen LogP contribution in [-0.4, -0.2) is 21.2 Å². The van der Waals surface area contributed by atoms with Crippen LogP contribution in [0.2, 0.25) is 0 Å². The van der Waals surface area contributed by atoms with Gasteiger partial charge < -0.3 is 10.2 Å². The van der Waals surface area contributed by atoms with E-state index in [-0.39, 0.29) is 17.0 Å². The normalized spacial score (nSPS) is 36.7. The molecular formula is C14H17NO4. The Morgan fingerprint density at radius 2 is 2.05 bits per heavy atom. The van der Waals surface area contributed by atoms with Gasteiger partial charge in [-0.25, -0.2) is 0 Å². The highest BCUT2D eigenvalue weighted by molar-refractivity contribution is 5.46. The number of benzene rings is 1. The number of hydrogen-bond donors (Lipinski definition) is 2. The van der Waals surface area contributed by atoms with Crippen LogP contribution in [0.25, 0.3) is 0 Å². The molecule has 2 N–H and O–H groups in total. The maximum Gasteiger partial charge on any atom is 0.269 e. The number of nitrogens with zero attached hydrogens (tertiary/aromatic N) is 1. The van der Waals surface area contributed by atoms with Gasteiger partial charge in [0, 0.05) is 17.5 Å². The zero-order valence-electron chi connectivity index (χ0n) is 10.7. The predicted octanol–water partition coefficient (Wildman–Crippen LogP) is 2.28. The van der Waals surface area contributed by atoms with Gasteiger partial charge in [-0.05, 0) is 36.3 Å². The fraction of sp³-hybridized carbons (Fsp3) is 0.571. The summed E-state index contributed by atoms with van der Waals surface area (Å²) in [7, 11) is 0. The molecule has 1 aromatic rings. The Morgan fingerprint density at radius 3 is 2.74 bits per heavy atom. The molecule has 0 heterocycles. The van der Waals surface area contributed by atoms with E-state index in [9.17, 15) is 20.3 Å². The highest BCUT2D eigenvalue weighted by atomic mass is 16.6. The highest BCUT2D eigenvalue weighted by Gasteiger charge is 2.51. The van der Waals surface area contributed by atoms with Gasteiger partial charge in [-0.2, -0.15) is 0 Å². The maximum absolute atomic E-state index is 10.8. The topological polar surface area (TPSA) is 83.6 Å². The number of rotatable bonds is 1. The summed E-state index contributed by atoms with van der Waals surface area (Å²) in [5.74, 6) is 0.182. The van der Waals surface area contributed by atoms with Crippen molar-refractivity contribution in [2.75, 3.05) is 0 Å². The molecule has 0 aliphatic heterocycles. The number of non-ortho nitro benzene ring substituents is 1. The van der Waals surface area contributed by atoms with E-state index < -0.39 is 17.1 Å². The molecule has 1 fully saturated rings. The molecule has 0 radical (unpaired) electrons. The van der Waals surface area contributed by atoms with Crippen molar-refractivity contribution >= 4 is 5.69 Å². The van der Waals surface area contributed by atoms with E-state index in [1.165, 1.54) is 12.1 Å². The van der Waals surface area contributed by atoms with Crippen LogP contribution in [-0.2, 0) is 0 Å². The van der Waals surface area contributed by atoms with Gasteiger partial charge >= 0.3 is 0 Å². The summed E-state index contributed by atoms with van der Waals surface area (Å²) in [6, 6.07) is 4.71. The second kappa shape index (κ2) is 4.02. The molecule has 0 bridgehead atoms. The summed E-state index contributed by atoms with van der Waals surface area (Å²) >= 11 is 0. The average Bonchev–Trinajstić information content (AvgIpc) is 2.65. The van der Waals surface area contributed by atoms with E-state index in [0.717, 1.165) is 18.4 Å². The third-order valence-electron chi connectivity index (χ3n) is 4.93. The lowest BCUT2D eigenvalue weighted by Crippen LogP contribution is -2.37. The van der Waals surface area contributed by atoms with Crippen molar-refractivity contribution in [2.45, 2.75) is 44.3 Å². The largest absolute Gasteiger partial charge is 0.393 e. The first-order chi connectivity index (χ1) is 8.93. The average molecular weight is 263 g/mol. The molecule has 19 heavy (non-hydrogen) atoms. The lowest BCUT2D eigenvalue weighted by molar-refractivity contribution is -0.385. The molecule has 1 saturated carbocycles. The summed E-state index contributed by atoms with van der Waals surface area (Å²) in [6.45, 7) is 2.00. The number of aliphatic hydroxyl groups excluding tert-OH is 2. The van der Waals surface area contributed by atoms with Crippen molar-refractivity contribution in [3.8, 4) is 0 Å². The first-order valence-electron chi connectivity index (χ1n) is 6.58.